The van der Waals surface area contributed by atoms with Gasteiger partial charge in [-0.25, -0.2) is 9.78 Å². The summed E-state index contributed by atoms with van der Waals surface area (Å²) in [7, 11) is 0. The third kappa shape index (κ3) is 5.87. The molecule has 4 rings (SSSR count). The molecule has 2 aliphatic heterocycles. The molecule has 0 bridgehead atoms. The second-order valence-corrected chi connectivity index (χ2v) is 10.1. The van der Waals surface area contributed by atoms with Crippen molar-refractivity contribution in [2.75, 3.05) is 18.1 Å². The van der Waals surface area contributed by atoms with Gasteiger partial charge in [-0.15, -0.1) is 16.9 Å². The normalized spacial score (nSPS) is 19.7. The molecule has 0 saturated carbocycles. The lowest BCUT2D eigenvalue weighted by Gasteiger charge is -2.49. The number of H-pyrrole nitrogens is 1. The van der Waals surface area contributed by atoms with Gasteiger partial charge in [0.15, 0.2) is 5.82 Å². The summed E-state index contributed by atoms with van der Waals surface area (Å²) in [6, 6.07) is 3.83. The number of aliphatic carboxylic acids is 1. The Bertz CT molecular complexity index is 1250. The summed E-state index contributed by atoms with van der Waals surface area (Å²) in [5.41, 5.74) is 11.8. The highest BCUT2D eigenvalue weighted by Gasteiger charge is 2.54. The van der Waals surface area contributed by atoms with E-state index >= 15 is 0 Å². The van der Waals surface area contributed by atoms with Crippen molar-refractivity contribution in [3.05, 3.63) is 46.9 Å². The van der Waals surface area contributed by atoms with Crippen molar-refractivity contribution < 1.29 is 34.1 Å². The molecule has 1 unspecified atom stereocenters. The molecular formula is C21H23N7O7S2. The molecule has 196 valence electrons. The molecule has 3 atom stereocenters. The Morgan fingerprint density at radius 2 is 2.05 bits per heavy atom. The fraction of sp³-hybridized carbons (Fsp3) is 0.333. The van der Waals surface area contributed by atoms with E-state index in [1.54, 1.807) is 0 Å². The van der Waals surface area contributed by atoms with E-state index in [0.717, 1.165) is 0 Å². The van der Waals surface area contributed by atoms with E-state index in [1.165, 1.54) is 52.7 Å². The lowest BCUT2D eigenvalue weighted by molar-refractivity contribution is -0.150. The number of nitrogens with two attached hydrogens (primary N) is 2. The molecule has 1 fully saturated rings. The van der Waals surface area contributed by atoms with Crippen LogP contribution in [0.15, 0.2) is 40.7 Å². The van der Waals surface area contributed by atoms with Crippen LogP contribution in [0.2, 0.25) is 0 Å². The number of hydrogen-bond acceptors (Lipinski definition) is 11. The zero-order chi connectivity index (χ0) is 26.7. The lowest BCUT2D eigenvalue weighted by Crippen LogP contribution is -2.71. The molecule has 0 aliphatic carbocycles. The molecule has 3 amide bonds. The van der Waals surface area contributed by atoms with Crippen molar-refractivity contribution in [3.8, 4) is 5.75 Å². The Balaban J connectivity index is 1.38. The number of aromatic nitrogens is 3. The first-order valence-electron chi connectivity index (χ1n) is 10.8. The number of carboxylic acid groups (broad SMARTS) is 1. The first kappa shape index (κ1) is 26.5. The molecule has 14 nitrogen and oxygen atoms in total. The maximum atomic E-state index is 12.9. The zero-order valence-corrected chi connectivity index (χ0v) is 20.8. The van der Waals surface area contributed by atoms with Gasteiger partial charge < -0.3 is 31.7 Å². The number of β-lactam (4-membered cyclic amide) rings is 1. The van der Waals surface area contributed by atoms with Gasteiger partial charge in [-0.05, 0) is 23.3 Å². The molecule has 2 aromatic rings. The Labute approximate surface area is 218 Å². The highest BCUT2D eigenvalue weighted by molar-refractivity contribution is 8.01. The highest BCUT2D eigenvalue weighted by Crippen LogP contribution is 2.41. The molecule has 37 heavy (non-hydrogen) atoms. The SMILES string of the molecule is NC(=O)COCc1nc(SCC2=C(C(=O)O)N3C(=O)C(NC(=O)[C@H](N)c4ccc(O)cc4)[C@H]3SC2)n[nH]1. The van der Waals surface area contributed by atoms with Gasteiger partial charge in [-0.2, -0.15) is 0 Å². The average molecular weight is 550 g/mol. The number of phenolic OH excluding ortho intramolecular Hbond substituents is 1. The lowest BCUT2D eigenvalue weighted by atomic mass is 10.0. The number of primary amides is 1. The van der Waals surface area contributed by atoms with Crippen molar-refractivity contribution in [2.45, 2.75) is 29.2 Å². The second-order valence-electron chi connectivity index (χ2n) is 8.04. The maximum Gasteiger partial charge on any atom is 0.352 e. The van der Waals surface area contributed by atoms with Crippen LogP contribution in [0, 0.1) is 0 Å². The van der Waals surface area contributed by atoms with E-state index in [0.29, 0.717) is 27.9 Å². The van der Waals surface area contributed by atoms with E-state index in [4.69, 9.17) is 16.2 Å². The number of hydrogen-bond donors (Lipinski definition) is 6. The predicted octanol–water partition coefficient (Wildman–Crippen LogP) is -0.957. The summed E-state index contributed by atoms with van der Waals surface area (Å²) in [5, 5.41) is 28.3. The summed E-state index contributed by atoms with van der Waals surface area (Å²) in [6.45, 7) is -0.257. The Morgan fingerprint density at radius 1 is 1.32 bits per heavy atom. The van der Waals surface area contributed by atoms with Crippen LogP contribution in [-0.4, -0.2) is 83.5 Å². The zero-order valence-electron chi connectivity index (χ0n) is 19.1. The van der Waals surface area contributed by atoms with Crippen LogP contribution < -0.4 is 16.8 Å². The minimum atomic E-state index is -1.25. The van der Waals surface area contributed by atoms with Gasteiger partial charge in [0.05, 0.1) is 0 Å². The Kier molecular flexibility index (Phi) is 8.01. The number of ether oxygens (including phenoxy) is 1. The van der Waals surface area contributed by atoms with Crippen LogP contribution in [0.3, 0.4) is 0 Å². The van der Waals surface area contributed by atoms with Crippen molar-refractivity contribution in [1.82, 2.24) is 25.4 Å². The third-order valence-corrected chi connectivity index (χ3v) is 7.73. The predicted molar refractivity (Wildman–Crippen MR) is 131 cm³/mol. The quantitative estimate of drug-likeness (QED) is 0.147. The Morgan fingerprint density at radius 3 is 2.73 bits per heavy atom. The van der Waals surface area contributed by atoms with Crippen LogP contribution in [0.1, 0.15) is 17.4 Å². The van der Waals surface area contributed by atoms with E-state index < -0.39 is 41.1 Å². The maximum absolute atomic E-state index is 12.9. The van der Waals surface area contributed by atoms with Crippen LogP contribution in [0.4, 0.5) is 0 Å². The number of nitrogens with zero attached hydrogens (tertiary/aromatic N) is 3. The number of aromatic amines is 1. The molecule has 0 radical (unpaired) electrons. The second kappa shape index (κ2) is 11.2. The molecule has 8 N–H and O–H groups in total. The smallest absolute Gasteiger partial charge is 0.352 e. The van der Waals surface area contributed by atoms with Crippen molar-refractivity contribution in [2.24, 2.45) is 11.5 Å². The molecule has 1 saturated heterocycles. The minimum absolute atomic E-state index is 0.00287. The third-order valence-electron chi connectivity index (χ3n) is 5.45. The molecule has 2 aliphatic rings. The molecule has 1 aromatic carbocycles. The fourth-order valence-corrected chi connectivity index (χ4v) is 5.98. The summed E-state index contributed by atoms with van der Waals surface area (Å²) in [6.07, 6.45) is 0. The van der Waals surface area contributed by atoms with Gasteiger partial charge in [-0.1, -0.05) is 23.9 Å². The number of fused-ring (bicyclic) bond motifs is 1. The molecule has 0 spiro atoms. The average Bonchev–Trinajstić information content (AvgIpc) is 3.32. The number of rotatable bonds is 11. The summed E-state index contributed by atoms with van der Waals surface area (Å²) >= 11 is 2.50. The molecule has 1 aromatic heterocycles. The van der Waals surface area contributed by atoms with E-state index in [2.05, 4.69) is 20.5 Å². The molecule has 3 heterocycles. The monoisotopic (exact) mass is 549 g/mol. The summed E-state index contributed by atoms with van der Waals surface area (Å²) in [5.74, 6) is -2.07. The van der Waals surface area contributed by atoms with Gasteiger partial charge >= 0.3 is 5.97 Å². The van der Waals surface area contributed by atoms with Gasteiger partial charge in [-0.3, -0.25) is 24.4 Å². The van der Waals surface area contributed by atoms with E-state index in [9.17, 15) is 29.4 Å². The van der Waals surface area contributed by atoms with Crippen molar-refractivity contribution in [1.29, 1.82) is 0 Å². The molecule has 16 heteroatoms. The molecular weight excluding hydrogens is 526 g/mol. The largest absolute Gasteiger partial charge is 0.508 e. The van der Waals surface area contributed by atoms with Crippen LogP contribution >= 0.6 is 23.5 Å². The topological polar surface area (TPSA) is 227 Å². The number of phenols is 1. The van der Waals surface area contributed by atoms with E-state index in [-0.39, 0.29) is 30.4 Å². The number of carbonyl (C=O) groups is 4. The van der Waals surface area contributed by atoms with E-state index in [1.807, 2.05) is 0 Å². The van der Waals surface area contributed by atoms with Crippen molar-refractivity contribution in [3.63, 3.8) is 0 Å². The standard InChI is InChI=1S/C21H23N7O7S2/c22-12(30)5-35-6-13-24-21(27-26-13)37-8-10-7-36-19-15(18(32)28(19)16(10)20(33)34)25-17(31)14(23)9-1-3-11(29)4-2-9/h1-4,14-15,19,29H,5-8,23H2,(H2,22,30)(H,25,31)(H,33,34)(H,24,26,27)/t14-,15?,19-/m1/s1. The summed E-state index contributed by atoms with van der Waals surface area (Å²) in [4.78, 5) is 53.7. The van der Waals surface area contributed by atoms with Gasteiger partial charge in [0.2, 0.25) is 17.0 Å². The highest BCUT2D eigenvalue weighted by atomic mass is 32.2. The number of carbonyl (C=O) groups excluding carboxylic acids is 3. The number of aromatic hydroxyl groups is 1. The van der Waals surface area contributed by atoms with Gasteiger partial charge in [0.25, 0.3) is 5.91 Å². The fourth-order valence-electron chi connectivity index (χ4n) is 3.68. The van der Waals surface area contributed by atoms with Crippen molar-refractivity contribution >= 4 is 47.2 Å². The summed E-state index contributed by atoms with van der Waals surface area (Å²) < 4.78 is 5.06. The number of benzene rings is 1. The number of thioether (sulfide) groups is 2. The number of carboxylic acids is 1. The Hall–Kier alpha value is -3.60. The first-order chi connectivity index (χ1) is 17.7. The number of amides is 3. The van der Waals surface area contributed by atoms with Gasteiger partial charge in [0, 0.05) is 11.5 Å². The number of nitrogens with one attached hydrogen (secondary N) is 2. The van der Waals surface area contributed by atoms with Crippen LogP contribution in [-0.2, 0) is 30.5 Å². The van der Waals surface area contributed by atoms with Crippen LogP contribution in [0.5, 0.6) is 5.75 Å². The van der Waals surface area contributed by atoms with Crippen LogP contribution in [0.25, 0.3) is 0 Å². The minimum Gasteiger partial charge on any atom is -0.508 e. The first-order valence-corrected chi connectivity index (χ1v) is 12.8. The van der Waals surface area contributed by atoms with Gasteiger partial charge in [0.1, 0.15) is 42.1 Å².